The van der Waals surface area contributed by atoms with E-state index in [4.69, 9.17) is 9.47 Å². The van der Waals surface area contributed by atoms with Crippen LogP contribution in [-0.4, -0.2) is 53.7 Å². The molecule has 0 fully saturated rings. The summed E-state index contributed by atoms with van der Waals surface area (Å²) >= 11 is 0. The first-order chi connectivity index (χ1) is 18.3. The highest BCUT2D eigenvalue weighted by molar-refractivity contribution is 6.04. The predicted molar refractivity (Wildman–Crippen MR) is 145 cm³/mol. The third kappa shape index (κ3) is 5.72. The predicted octanol–water partition coefficient (Wildman–Crippen LogP) is 2.91. The summed E-state index contributed by atoms with van der Waals surface area (Å²) in [6.45, 7) is 4.11. The van der Waals surface area contributed by atoms with Gasteiger partial charge in [-0.25, -0.2) is 4.98 Å². The third-order valence-corrected chi connectivity index (χ3v) is 5.75. The van der Waals surface area contributed by atoms with Crippen molar-refractivity contribution < 1.29 is 19.1 Å². The Kier molecular flexibility index (Phi) is 7.86. The molecule has 3 N–H and O–H groups in total. The molecule has 0 atom stereocenters. The number of hydrogen-bond acceptors (Lipinski definition) is 8. The van der Waals surface area contributed by atoms with E-state index in [1.54, 1.807) is 48.5 Å². The van der Waals surface area contributed by atoms with Gasteiger partial charge in [-0.15, -0.1) is 0 Å². The molecule has 0 saturated heterocycles. The van der Waals surface area contributed by atoms with Gasteiger partial charge in [-0.05, 0) is 49.4 Å². The molecule has 0 unspecified atom stereocenters. The van der Waals surface area contributed by atoms with Gasteiger partial charge in [0, 0.05) is 48.8 Å². The lowest BCUT2D eigenvalue weighted by atomic mass is 10.1. The van der Waals surface area contributed by atoms with Crippen LogP contribution in [0.4, 0.5) is 11.6 Å². The van der Waals surface area contributed by atoms with Crippen LogP contribution in [0.5, 0.6) is 11.5 Å². The first-order valence-electron chi connectivity index (χ1n) is 11.8. The molecule has 4 rings (SSSR count). The lowest BCUT2D eigenvalue weighted by Gasteiger charge is -2.13. The number of carbonyl (C=O) groups excluding carboxylic acids is 2. The fourth-order valence-corrected chi connectivity index (χ4v) is 3.89. The summed E-state index contributed by atoms with van der Waals surface area (Å²) in [5, 5.41) is 9.32. The van der Waals surface area contributed by atoms with Gasteiger partial charge in [0.05, 0.1) is 25.6 Å². The first-order valence-corrected chi connectivity index (χ1v) is 11.8. The fourth-order valence-electron chi connectivity index (χ4n) is 3.89. The average molecular weight is 517 g/mol. The SMILES string of the molecule is COc1ccc(NC(=O)c2ccc(-n3c(=O)ccc4c(C)nc(NCCNC(C)=O)nc43)cc2)cc1OC. The maximum Gasteiger partial charge on any atom is 0.256 e. The molecule has 38 heavy (non-hydrogen) atoms. The number of benzene rings is 2. The number of carbonyl (C=O) groups is 2. The van der Waals surface area contributed by atoms with Crippen LogP contribution >= 0.6 is 0 Å². The Morgan fingerprint density at radius 3 is 2.34 bits per heavy atom. The molecular weight excluding hydrogens is 488 g/mol. The van der Waals surface area contributed by atoms with E-state index in [0.29, 0.717) is 64.2 Å². The van der Waals surface area contributed by atoms with Crippen LogP contribution in [0.2, 0.25) is 0 Å². The smallest absolute Gasteiger partial charge is 0.256 e. The number of amides is 2. The normalized spacial score (nSPS) is 10.6. The quantitative estimate of drug-likeness (QED) is 0.289. The standard InChI is InChI=1S/C27H28N6O5/c1-16-21-10-12-24(35)33(25(21)32-27(30-16)29-14-13-28-17(2)34)20-8-5-18(6-9-20)26(36)31-19-7-11-22(37-3)23(15-19)38-4/h5-12,15H,13-14H2,1-4H3,(H,28,34)(H,31,36)(H,29,30,32). The molecule has 2 aromatic carbocycles. The maximum atomic E-state index is 12.9. The summed E-state index contributed by atoms with van der Waals surface area (Å²) in [5.41, 5.74) is 2.34. The molecule has 0 aliphatic carbocycles. The summed E-state index contributed by atoms with van der Waals surface area (Å²) in [4.78, 5) is 45.9. The van der Waals surface area contributed by atoms with E-state index < -0.39 is 0 Å². The van der Waals surface area contributed by atoms with Crippen molar-refractivity contribution in [3.05, 3.63) is 76.2 Å². The van der Waals surface area contributed by atoms with Crippen LogP contribution in [0.25, 0.3) is 16.7 Å². The van der Waals surface area contributed by atoms with Crippen molar-refractivity contribution in [1.82, 2.24) is 19.9 Å². The van der Waals surface area contributed by atoms with Gasteiger partial charge in [-0.1, -0.05) is 0 Å². The van der Waals surface area contributed by atoms with Crippen LogP contribution in [-0.2, 0) is 4.79 Å². The minimum atomic E-state index is -0.321. The Morgan fingerprint density at radius 1 is 0.921 bits per heavy atom. The summed E-state index contributed by atoms with van der Waals surface area (Å²) < 4.78 is 12.0. The Morgan fingerprint density at radius 2 is 1.66 bits per heavy atom. The molecule has 0 saturated carbocycles. The number of nitrogens with one attached hydrogen (secondary N) is 3. The van der Waals surface area contributed by atoms with E-state index in [1.807, 2.05) is 6.92 Å². The molecule has 0 aliphatic heterocycles. The number of methoxy groups -OCH3 is 2. The van der Waals surface area contributed by atoms with Crippen molar-refractivity contribution >= 4 is 34.5 Å². The summed E-state index contributed by atoms with van der Waals surface area (Å²) in [7, 11) is 3.06. The zero-order chi connectivity index (χ0) is 27.2. The van der Waals surface area contributed by atoms with Crippen molar-refractivity contribution in [2.24, 2.45) is 0 Å². The molecular formula is C27H28N6O5. The lowest BCUT2D eigenvalue weighted by Crippen LogP contribution is -2.27. The maximum absolute atomic E-state index is 12.9. The van der Waals surface area contributed by atoms with Crippen molar-refractivity contribution in [1.29, 1.82) is 0 Å². The van der Waals surface area contributed by atoms with Crippen LogP contribution in [0.15, 0.2) is 59.4 Å². The van der Waals surface area contributed by atoms with Crippen LogP contribution in [0, 0.1) is 6.92 Å². The number of aromatic nitrogens is 3. The molecule has 11 nitrogen and oxygen atoms in total. The van der Waals surface area contributed by atoms with Crippen molar-refractivity contribution in [3.63, 3.8) is 0 Å². The minimum Gasteiger partial charge on any atom is -0.493 e. The largest absolute Gasteiger partial charge is 0.493 e. The van der Waals surface area contributed by atoms with Gasteiger partial charge in [0.25, 0.3) is 11.5 Å². The number of nitrogens with zero attached hydrogens (tertiary/aromatic N) is 3. The van der Waals surface area contributed by atoms with E-state index in [1.165, 1.54) is 31.8 Å². The average Bonchev–Trinajstić information content (AvgIpc) is 2.91. The minimum absolute atomic E-state index is 0.128. The molecule has 0 spiro atoms. The Hall–Kier alpha value is -4.93. The Balaban J connectivity index is 1.60. The Labute approximate surface area is 218 Å². The number of anilines is 2. The molecule has 196 valence electrons. The topological polar surface area (TPSA) is 136 Å². The van der Waals surface area contributed by atoms with Crippen molar-refractivity contribution in [2.75, 3.05) is 37.9 Å². The zero-order valence-corrected chi connectivity index (χ0v) is 21.5. The zero-order valence-electron chi connectivity index (χ0n) is 21.5. The highest BCUT2D eigenvalue weighted by atomic mass is 16.5. The molecule has 0 radical (unpaired) electrons. The van der Waals surface area contributed by atoms with Crippen molar-refractivity contribution in [2.45, 2.75) is 13.8 Å². The summed E-state index contributed by atoms with van der Waals surface area (Å²) in [6.07, 6.45) is 0. The molecule has 2 heterocycles. The highest BCUT2D eigenvalue weighted by Gasteiger charge is 2.14. The third-order valence-electron chi connectivity index (χ3n) is 5.75. The second kappa shape index (κ2) is 11.4. The number of aryl methyl sites for hydroxylation is 1. The first kappa shape index (κ1) is 26.1. The molecule has 11 heteroatoms. The summed E-state index contributed by atoms with van der Waals surface area (Å²) in [5.74, 6) is 0.943. The lowest BCUT2D eigenvalue weighted by molar-refractivity contribution is -0.118. The monoisotopic (exact) mass is 516 g/mol. The molecule has 2 amide bonds. The molecule has 4 aromatic rings. The van der Waals surface area contributed by atoms with Gasteiger partial charge in [0.15, 0.2) is 17.1 Å². The van der Waals surface area contributed by atoms with Gasteiger partial charge < -0.3 is 25.4 Å². The molecule has 0 aliphatic rings. The van der Waals surface area contributed by atoms with Gasteiger partial charge in [0.1, 0.15) is 0 Å². The molecule has 2 aromatic heterocycles. The Bertz CT molecular complexity index is 1550. The fraction of sp³-hybridized carbons (Fsp3) is 0.222. The van der Waals surface area contributed by atoms with E-state index >= 15 is 0 Å². The van der Waals surface area contributed by atoms with Crippen LogP contribution < -0.4 is 31.0 Å². The van der Waals surface area contributed by atoms with Gasteiger partial charge in [-0.3, -0.25) is 19.0 Å². The van der Waals surface area contributed by atoms with Crippen molar-refractivity contribution in [3.8, 4) is 17.2 Å². The molecule has 0 bridgehead atoms. The number of fused-ring (bicyclic) bond motifs is 1. The van der Waals surface area contributed by atoms with E-state index in [0.717, 1.165) is 0 Å². The second-order valence-electron chi connectivity index (χ2n) is 8.36. The number of pyridine rings is 1. The van der Waals surface area contributed by atoms with E-state index in [-0.39, 0.29) is 17.4 Å². The van der Waals surface area contributed by atoms with Gasteiger partial charge in [-0.2, -0.15) is 4.98 Å². The van der Waals surface area contributed by atoms with Gasteiger partial charge >= 0.3 is 0 Å². The van der Waals surface area contributed by atoms with E-state index in [9.17, 15) is 14.4 Å². The summed E-state index contributed by atoms with van der Waals surface area (Å²) in [6, 6.07) is 14.9. The second-order valence-corrected chi connectivity index (χ2v) is 8.36. The highest BCUT2D eigenvalue weighted by Crippen LogP contribution is 2.30. The van der Waals surface area contributed by atoms with Crippen LogP contribution in [0.1, 0.15) is 23.0 Å². The van der Waals surface area contributed by atoms with Gasteiger partial charge in [0.2, 0.25) is 11.9 Å². The van der Waals surface area contributed by atoms with Crippen LogP contribution in [0.3, 0.4) is 0 Å². The number of ether oxygens (including phenoxy) is 2. The number of hydrogen-bond donors (Lipinski definition) is 3. The number of rotatable bonds is 9. The van der Waals surface area contributed by atoms with E-state index in [2.05, 4.69) is 25.9 Å².